The molecule has 1 N–H and O–H groups in total. The number of halogens is 1. The molecule has 1 unspecified atom stereocenters. The molecule has 0 aliphatic heterocycles. The molecular weight excluding hydrogens is 274 g/mol. The molecule has 2 rings (SSSR count). The van der Waals surface area contributed by atoms with Crippen LogP contribution < -0.4 is 5.32 Å². The summed E-state index contributed by atoms with van der Waals surface area (Å²) in [6.07, 6.45) is 1.12. The van der Waals surface area contributed by atoms with Crippen LogP contribution in [0.5, 0.6) is 0 Å². The van der Waals surface area contributed by atoms with Crippen LogP contribution in [0.25, 0.3) is 0 Å². The molecule has 1 heterocycles. The molecule has 0 bridgehead atoms. The summed E-state index contributed by atoms with van der Waals surface area (Å²) in [5, 5.41) is 6.52. The summed E-state index contributed by atoms with van der Waals surface area (Å²) in [4.78, 5) is 1.21. The standard InChI is InChI=1S/C16H20ClNS/c1-4-6-18-15(16-14(17)5-7-19-16)13-9-11(2)8-12(3)10-13/h5,7-10,15,18H,4,6H2,1-3H3. The zero-order valence-corrected chi connectivity index (χ0v) is 13.2. The molecule has 0 aliphatic rings. The van der Waals surface area contributed by atoms with Gasteiger partial charge in [0.05, 0.1) is 11.1 Å². The Kier molecular flexibility index (Phi) is 5.03. The second-order valence-electron chi connectivity index (χ2n) is 4.94. The van der Waals surface area contributed by atoms with Gasteiger partial charge in [0.2, 0.25) is 0 Å². The van der Waals surface area contributed by atoms with Gasteiger partial charge in [-0.3, -0.25) is 0 Å². The zero-order valence-electron chi connectivity index (χ0n) is 11.7. The van der Waals surface area contributed by atoms with Crippen LogP contribution in [0.3, 0.4) is 0 Å². The van der Waals surface area contributed by atoms with Crippen molar-refractivity contribution in [1.29, 1.82) is 0 Å². The third-order valence-corrected chi connectivity index (χ3v) is 4.51. The van der Waals surface area contributed by atoms with Gasteiger partial charge in [0.15, 0.2) is 0 Å². The van der Waals surface area contributed by atoms with E-state index in [-0.39, 0.29) is 6.04 Å². The van der Waals surface area contributed by atoms with Crippen LogP contribution >= 0.6 is 22.9 Å². The number of thiophene rings is 1. The SMILES string of the molecule is CCCNC(c1cc(C)cc(C)c1)c1sccc1Cl. The molecule has 0 spiro atoms. The number of hydrogen-bond acceptors (Lipinski definition) is 2. The maximum absolute atomic E-state index is 6.31. The molecule has 102 valence electrons. The van der Waals surface area contributed by atoms with Crippen molar-refractivity contribution in [3.05, 3.63) is 56.2 Å². The topological polar surface area (TPSA) is 12.0 Å². The van der Waals surface area contributed by atoms with Crippen molar-refractivity contribution in [3.63, 3.8) is 0 Å². The van der Waals surface area contributed by atoms with Crippen LogP contribution in [0.4, 0.5) is 0 Å². The molecular formula is C16H20ClNS. The van der Waals surface area contributed by atoms with Crippen molar-refractivity contribution in [3.8, 4) is 0 Å². The molecule has 0 fully saturated rings. The summed E-state index contributed by atoms with van der Waals surface area (Å²) in [5.41, 5.74) is 3.90. The Morgan fingerprint density at radius 2 is 1.89 bits per heavy atom. The molecule has 0 aliphatic carbocycles. The van der Waals surface area contributed by atoms with Crippen LogP contribution in [0.1, 0.15) is 41.0 Å². The number of rotatable bonds is 5. The van der Waals surface area contributed by atoms with Crippen LogP contribution in [-0.4, -0.2) is 6.54 Å². The second kappa shape index (κ2) is 6.56. The van der Waals surface area contributed by atoms with Crippen molar-refractivity contribution in [1.82, 2.24) is 5.32 Å². The minimum absolute atomic E-state index is 0.200. The molecule has 0 saturated heterocycles. The molecule has 0 radical (unpaired) electrons. The van der Waals surface area contributed by atoms with Gasteiger partial charge in [0, 0.05) is 4.88 Å². The first-order valence-electron chi connectivity index (χ1n) is 6.66. The lowest BCUT2D eigenvalue weighted by Gasteiger charge is -2.19. The molecule has 1 aromatic carbocycles. The van der Waals surface area contributed by atoms with E-state index in [2.05, 4.69) is 49.7 Å². The Balaban J connectivity index is 2.39. The van der Waals surface area contributed by atoms with E-state index in [4.69, 9.17) is 11.6 Å². The Labute approximate surface area is 124 Å². The minimum Gasteiger partial charge on any atom is -0.306 e. The van der Waals surface area contributed by atoms with Gasteiger partial charge < -0.3 is 5.32 Å². The predicted molar refractivity (Wildman–Crippen MR) is 85.4 cm³/mol. The molecule has 1 nitrogen and oxygen atoms in total. The van der Waals surface area contributed by atoms with E-state index in [0.717, 1.165) is 18.0 Å². The molecule has 1 aromatic heterocycles. The summed E-state index contributed by atoms with van der Waals surface area (Å²) < 4.78 is 0. The highest BCUT2D eigenvalue weighted by molar-refractivity contribution is 7.10. The molecule has 0 amide bonds. The summed E-state index contributed by atoms with van der Waals surface area (Å²) >= 11 is 8.03. The van der Waals surface area contributed by atoms with Gasteiger partial charge in [-0.15, -0.1) is 11.3 Å². The van der Waals surface area contributed by atoms with Crippen LogP contribution in [-0.2, 0) is 0 Å². The largest absolute Gasteiger partial charge is 0.306 e. The lowest BCUT2D eigenvalue weighted by Crippen LogP contribution is -2.22. The average molecular weight is 294 g/mol. The summed E-state index contributed by atoms with van der Waals surface area (Å²) in [6, 6.07) is 8.87. The van der Waals surface area contributed by atoms with Gasteiger partial charge in [0.1, 0.15) is 0 Å². The molecule has 2 aromatic rings. The van der Waals surface area contributed by atoms with Crippen molar-refractivity contribution >= 4 is 22.9 Å². The first-order chi connectivity index (χ1) is 9.11. The highest BCUT2D eigenvalue weighted by atomic mass is 35.5. The first-order valence-corrected chi connectivity index (χ1v) is 7.92. The fraction of sp³-hybridized carbons (Fsp3) is 0.375. The zero-order chi connectivity index (χ0) is 13.8. The summed E-state index contributed by atoms with van der Waals surface area (Å²) in [5.74, 6) is 0. The number of benzene rings is 1. The fourth-order valence-corrected chi connectivity index (χ4v) is 3.61. The Bertz CT molecular complexity index is 527. The van der Waals surface area contributed by atoms with Crippen LogP contribution in [0.15, 0.2) is 29.6 Å². The van der Waals surface area contributed by atoms with Gasteiger partial charge >= 0.3 is 0 Å². The second-order valence-corrected chi connectivity index (χ2v) is 6.30. The van der Waals surface area contributed by atoms with E-state index in [1.165, 1.54) is 21.6 Å². The lowest BCUT2D eigenvalue weighted by molar-refractivity contribution is 0.605. The van der Waals surface area contributed by atoms with E-state index < -0.39 is 0 Å². The maximum atomic E-state index is 6.31. The van der Waals surface area contributed by atoms with Gasteiger partial charge in [-0.25, -0.2) is 0 Å². The highest BCUT2D eigenvalue weighted by Gasteiger charge is 2.18. The van der Waals surface area contributed by atoms with E-state index >= 15 is 0 Å². The average Bonchev–Trinajstić information content (AvgIpc) is 2.75. The monoisotopic (exact) mass is 293 g/mol. The Morgan fingerprint density at radius 1 is 1.21 bits per heavy atom. The van der Waals surface area contributed by atoms with Gasteiger partial charge in [0.25, 0.3) is 0 Å². The number of aryl methyl sites for hydroxylation is 2. The quantitative estimate of drug-likeness (QED) is 0.808. The Morgan fingerprint density at radius 3 is 2.42 bits per heavy atom. The fourth-order valence-electron chi connectivity index (χ4n) is 2.34. The highest BCUT2D eigenvalue weighted by Crippen LogP contribution is 2.33. The maximum Gasteiger partial charge on any atom is 0.0686 e. The first kappa shape index (κ1) is 14.6. The number of hydrogen-bond donors (Lipinski definition) is 1. The van der Waals surface area contributed by atoms with E-state index in [0.29, 0.717) is 0 Å². The van der Waals surface area contributed by atoms with Gasteiger partial charge in [-0.05, 0) is 43.8 Å². The van der Waals surface area contributed by atoms with Crippen molar-refractivity contribution in [2.24, 2.45) is 0 Å². The van der Waals surface area contributed by atoms with Crippen molar-refractivity contribution in [2.45, 2.75) is 33.2 Å². The molecule has 0 saturated carbocycles. The summed E-state index contributed by atoms with van der Waals surface area (Å²) in [7, 11) is 0. The van der Waals surface area contributed by atoms with E-state index in [9.17, 15) is 0 Å². The van der Waals surface area contributed by atoms with E-state index in [1.54, 1.807) is 11.3 Å². The van der Waals surface area contributed by atoms with Gasteiger partial charge in [-0.2, -0.15) is 0 Å². The predicted octanol–water partition coefficient (Wildman–Crippen LogP) is 5.11. The smallest absolute Gasteiger partial charge is 0.0686 e. The van der Waals surface area contributed by atoms with Gasteiger partial charge in [-0.1, -0.05) is 47.9 Å². The lowest BCUT2D eigenvalue weighted by atomic mass is 10.00. The summed E-state index contributed by atoms with van der Waals surface area (Å²) in [6.45, 7) is 7.46. The third kappa shape index (κ3) is 3.59. The van der Waals surface area contributed by atoms with Crippen molar-refractivity contribution < 1.29 is 0 Å². The minimum atomic E-state index is 0.200. The normalized spacial score (nSPS) is 12.6. The third-order valence-electron chi connectivity index (χ3n) is 3.08. The van der Waals surface area contributed by atoms with Crippen LogP contribution in [0.2, 0.25) is 5.02 Å². The van der Waals surface area contributed by atoms with Crippen LogP contribution in [0, 0.1) is 13.8 Å². The Hall–Kier alpha value is -0.830. The molecule has 19 heavy (non-hydrogen) atoms. The van der Waals surface area contributed by atoms with E-state index in [1.807, 2.05) is 6.07 Å². The van der Waals surface area contributed by atoms with Crippen molar-refractivity contribution in [2.75, 3.05) is 6.54 Å². The number of nitrogens with one attached hydrogen (secondary N) is 1. The molecule has 1 atom stereocenters. The molecule has 3 heteroatoms.